The minimum Gasteiger partial charge on any atom is -0.381 e. The number of hydrogen-bond acceptors (Lipinski definition) is 3. The van der Waals surface area contributed by atoms with Crippen LogP contribution in [0.5, 0.6) is 0 Å². The van der Waals surface area contributed by atoms with E-state index in [1.807, 2.05) is 12.1 Å². The molecule has 3 N–H and O–H groups in total. The number of benzene rings is 1. The van der Waals surface area contributed by atoms with Gasteiger partial charge in [0.15, 0.2) is 0 Å². The van der Waals surface area contributed by atoms with Crippen LogP contribution in [0.15, 0.2) is 30.5 Å². The lowest BCUT2D eigenvalue weighted by molar-refractivity contribution is -0.130. The lowest BCUT2D eigenvalue weighted by atomic mass is 9.79. The average Bonchev–Trinajstić information content (AvgIpc) is 2.97. The van der Waals surface area contributed by atoms with Gasteiger partial charge < -0.3 is 20.4 Å². The maximum absolute atomic E-state index is 12.8. The number of nitrogens with zero attached hydrogens (tertiary/aromatic N) is 1. The zero-order valence-corrected chi connectivity index (χ0v) is 14.5. The number of amides is 1. The number of carbonyl (C=O) groups excluding carboxylic acids is 1. The van der Waals surface area contributed by atoms with Gasteiger partial charge >= 0.3 is 0 Å². The Balaban J connectivity index is 1.78. The first-order chi connectivity index (χ1) is 11.5. The molecular weight excluding hydrogens is 302 g/mol. The molecule has 0 bridgehead atoms. The molecule has 1 fully saturated rings. The smallest absolute Gasteiger partial charge is 0.232 e. The van der Waals surface area contributed by atoms with Crippen LogP contribution in [-0.4, -0.2) is 30.2 Å². The van der Waals surface area contributed by atoms with Gasteiger partial charge in [0, 0.05) is 49.1 Å². The molecule has 1 aromatic carbocycles. The van der Waals surface area contributed by atoms with E-state index in [0.717, 1.165) is 17.6 Å². The molecule has 2 heterocycles. The van der Waals surface area contributed by atoms with Crippen molar-refractivity contribution in [2.75, 3.05) is 25.1 Å². The Bertz CT molecular complexity index is 714. The second kappa shape index (κ2) is 6.95. The van der Waals surface area contributed by atoms with Crippen LogP contribution in [0, 0.1) is 11.3 Å². The van der Waals surface area contributed by atoms with Gasteiger partial charge in [0.05, 0.1) is 5.41 Å². The molecule has 24 heavy (non-hydrogen) atoms. The summed E-state index contributed by atoms with van der Waals surface area (Å²) in [5, 5.41) is 4.20. The first kappa shape index (κ1) is 17.0. The van der Waals surface area contributed by atoms with Gasteiger partial charge in [-0.15, -0.1) is 0 Å². The highest BCUT2D eigenvalue weighted by Crippen LogP contribution is 2.31. The van der Waals surface area contributed by atoms with Gasteiger partial charge in [-0.2, -0.15) is 0 Å². The second-order valence-corrected chi connectivity index (χ2v) is 7.19. The van der Waals surface area contributed by atoms with E-state index >= 15 is 0 Å². The number of hydrogen-bond donors (Lipinski definition) is 2. The fourth-order valence-corrected chi connectivity index (χ4v) is 3.38. The van der Waals surface area contributed by atoms with Crippen molar-refractivity contribution in [1.29, 1.82) is 0 Å². The second-order valence-electron chi connectivity index (χ2n) is 7.19. The summed E-state index contributed by atoms with van der Waals surface area (Å²) in [6, 6.07) is 8.18. The van der Waals surface area contributed by atoms with Crippen molar-refractivity contribution in [3.8, 4) is 0 Å². The Morgan fingerprint density at radius 2 is 2.08 bits per heavy atom. The minimum atomic E-state index is -0.503. The van der Waals surface area contributed by atoms with E-state index in [9.17, 15) is 4.79 Å². The Hall–Kier alpha value is -1.85. The quantitative estimate of drug-likeness (QED) is 0.886. The molecule has 3 rings (SSSR count). The summed E-state index contributed by atoms with van der Waals surface area (Å²) in [5.41, 5.74) is 7.43. The highest BCUT2D eigenvalue weighted by atomic mass is 16.5. The zero-order chi connectivity index (χ0) is 17.2. The number of carbonyl (C=O) groups is 1. The summed E-state index contributed by atoms with van der Waals surface area (Å²) >= 11 is 0. The molecule has 1 aliphatic rings. The van der Waals surface area contributed by atoms with Gasteiger partial charge in [-0.05, 0) is 43.0 Å². The lowest BCUT2D eigenvalue weighted by Crippen LogP contribution is -2.46. The standard InChI is InChI=1S/C19H27N3O2/c1-14(2)12-22-8-5-15-11-16(3-4-17(15)22)21-18(23)19(13-20)6-9-24-10-7-19/h3-5,8,11,14H,6-7,9-10,12-13,20H2,1-2H3,(H,21,23). The number of rotatable bonds is 5. The van der Waals surface area contributed by atoms with Crippen molar-refractivity contribution in [2.24, 2.45) is 17.1 Å². The zero-order valence-electron chi connectivity index (χ0n) is 14.5. The van der Waals surface area contributed by atoms with Crippen LogP contribution >= 0.6 is 0 Å². The fourth-order valence-electron chi connectivity index (χ4n) is 3.38. The van der Waals surface area contributed by atoms with Gasteiger partial charge in [-0.25, -0.2) is 0 Å². The fraction of sp³-hybridized carbons (Fsp3) is 0.526. The number of aromatic nitrogens is 1. The first-order valence-electron chi connectivity index (χ1n) is 8.72. The van der Waals surface area contributed by atoms with E-state index in [4.69, 9.17) is 10.5 Å². The lowest BCUT2D eigenvalue weighted by Gasteiger charge is -2.34. The molecule has 1 aromatic heterocycles. The van der Waals surface area contributed by atoms with Gasteiger partial charge in [-0.3, -0.25) is 4.79 Å². The maximum Gasteiger partial charge on any atom is 0.232 e. The highest BCUT2D eigenvalue weighted by molar-refractivity contribution is 5.97. The molecule has 0 spiro atoms. The summed E-state index contributed by atoms with van der Waals surface area (Å²) < 4.78 is 7.64. The van der Waals surface area contributed by atoms with E-state index in [1.54, 1.807) is 0 Å². The summed E-state index contributed by atoms with van der Waals surface area (Å²) in [5.74, 6) is 0.604. The molecule has 0 saturated carbocycles. The van der Waals surface area contributed by atoms with Crippen molar-refractivity contribution in [3.63, 3.8) is 0 Å². The van der Waals surface area contributed by atoms with E-state index < -0.39 is 5.41 Å². The van der Waals surface area contributed by atoms with Gasteiger partial charge in [0.25, 0.3) is 0 Å². The molecule has 5 heteroatoms. The average molecular weight is 329 g/mol. The predicted molar refractivity (Wildman–Crippen MR) is 96.9 cm³/mol. The van der Waals surface area contributed by atoms with Crippen molar-refractivity contribution < 1.29 is 9.53 Å². The summed E-state index contributed by atoms with van der Waals surface area (Å²) in [6.07, 6.45) is 3.47. The molecule has 2 aromatic rings. The molecule has 5 nitrogen and oxygen atoms in total. The molecular formula is C19H27N3O2. The van der Waals surface area contributed by atoms with Crippen LogP contribution in [0.2, 0.25) is 0 Å². The Kier molecular flexibility index (Phi) is 4.92. The molecule has 1 amide bonds. The van der Waals surface area contributed by atoms with Gasteiger partial charge in [0.1, 0.15) is 0 Å². The number of ether oxygens (including phenoxy) is 1. The number of nitrogens with two attached hydrogens (primary N) is 1. The predicted octanol–water partition coefficient (Wildman–Crippen LogP) is 2.99. The van der Waals surface area contributed by atoms with Crippen LogP contribution in [0.3, 0.4) is 0 Å². The van der Waals surface area contributed by atoms with E-state index in [2.05, 4.69) is 42.1 Å². The molecule has 0 aliphatic carbocycles. The van der Waals surface area contributed by atoms with Crippen molar-refractivity contribution >= 4 is 22.5 Å². The van der Waals surface area contributed by atoms with Crippen molar-refractivity contribution in [1.82, 2.24) is 4.57 Å². The van der Waals surface area contributed by atoms with E-state index in [-0.39, 0.29) is 5.91 Å². The highest BCUT2D eigenvalue weighted by Gasteiger charge is 2.38. The third-order valence-electron chi connectivity index (χ3n) is 4.91. The topological polar surface area (TPSA) is 69.3 Å². The number of anilines is 1. The first-order valence-corrected chi connectivity index (χ1v) is 8.72. The Morgan fingerprint density at radius 3 is 2.75 bits per heavy atom. The van der Waals surface area contributed by atoms with Crippen LogP contribution in [-0.2, 0) is 16.1 Å². The van der Waals surface area contributed by atoms with Crippen LogP contribution in [0.25, 0.3) is 10.9 Å². The molecule has 0 radical (unpaired) electrons. The summed E-state index contributed by atoms with van der Waals surface area (Å²) in [7, 11) is 0. The minimum absolute atomic E-state index is 0.00858. The van der Waals surface area contributed by atoms with Crippen LogP contribution in [0.4, 0.5) is 5.69 Å². The monoisotopic (exact) mass is 329 g/mol. The third kappa shape index (κ3) is 3.32. The number of fused-ring (bicyclic) bond motifs is 1. The van der Waals surface area contributed by atoms with Crippen LogP contribution in [0.1, 0.15) is 26.7 Å². The van der Waals surface area contributed by atoms with Crippen molar-refractivity contribution in [3.05, 3.63) is 30.5 Å². The van der Waals surface area contributed by atoms with E-state index in [0.29, 0.717) is 38.5 Å². The molecule has 0 unspecified atom stereocenters. The normalized spacial score (nSPS) is 17.3. The summed E-state index contributed by atoms with van der Waals surface area (Å²) in [4.78, 5) is 12.8. The van der Waals surface area contributed by atoms with Crippen LogP contribution < -0.4 is 11.1 Å². The SMILES string of the molecule is CC(C)Cn1ccc2cc(NC(=O)C3(CN)CCOCC3)ccc21. The van der Waals surface area contributed by atoms with Gasteiger partial charge in [-0.1, -0.05) is 13.8 Å². The van der Waals surface area contributed by atoms with Gasteiger partial charge in [0.2, 0.25) is 5.91 Å². The molecule has 1 aliphatic heterocycles. The summed E-state index contributed by atoms with van der Waals surface area (Å²) in [6.45, 7) is 6.96. The largest absolute Gasteiger partial charge is 0.381 e. The Labute approximate surface area is 143 Å². The molecule has 1 saturated heterocycles. The van der Waals surface area contributed by atoms with Crippen molar-refractivity contribution in [2.45, 2.75) is 33.2 Å². The number of nitrogens with one attached hydrogen (secondary N) is 1. The maximum atomic E-state index is 12.8. The molecule has 130 valence electrons. The molecule has 0 atom stereocenters. The van der Waals surface area contributed by atoms with E-state index in [1.165, 1.54) is 5.52 Å². The Morgan fingerprint density at radius 1 is 1.33 bits per heavy atom. The third-order valence-corrected chi connectivity index (χ3v) is 4.91.